The van der Waals surface area contributed by atoms with E-state index in [1.165, 1.54) is 32.4 Å². The molecule has 5 heteroatoms. The summed E-state index contributed by atoms with van der Waals surface area (Å²) in [6.07, 6.45) is 4.12. The Morgan fingerprint density at radius 1 is 1.28 bits per heavy atom. The number of ether oxygens (including phenoxy) is 1. The number of benzene rings is 1. The van der Waals surface area contributed by atoms with Crippen LogP contribution in [-0.2, 0) is 9.53 Å². The number of hydrogen-bond donors (Lipinski definition) is 0. The van der Waals surface area contributed by atoms with Crippen molar-refractivity contribution < 1.29 is 9.53 Å². The number of halogens is 1. The lowest BCUT2D eigenvalue weighted by atomic mass is 9.95. The van der Waals surface area contributed by atoms with Crippen molar-refractivity contribution in [2.75, 3.05) is 20.1 Å². The topological polar surface area (TPSA) is 53.3 Å². The van der Waals surface area contributed by atoms with E-state index in [4.69, 9.17) is 16.9 Å². The van der Waals surface area contributed by atoms with Crippen molar-refractivity contribution in [3.63, 3.8) is 0 Å². The monoisotopic (exact) mass is 466 g/mol. The third-order valence-electron chi connectivity index (χ3n) is 4.88. The average Bonchev–Trinajstić information content (AvgIpc) is 3.09. The molecule has 0 amide bonds. The van der Waals surface area contributed by atoms with Gasteiger partial charge >= 0.3 is 0 Å². The van der Waals surface area contributed by atoms with Gasteiger partial charge in [0.25, 0.3) is 6.47 Å². The molecular formula is C27H47ClN2O2. The van der Waals surface area contributed by atoms with Crippen molar-refractivity contribution in [2.24, 2.45) is 17.8 Å². The van der Waals surface area contributed by atoms with Gasteiger partial charge in [-0.25, -0.2) is 0 Å². The molecule has 32 heavy (non-hydrogen) atoms. The van der Waals surface area contributed by atoms with Crippen LogP contribution in [0.1, 0.15) is 85.8 Å². The summed E-state index contributed by atoms with van der Waals surface area (Å²) < 4.78 is 4.55. The number of rotatable bonds is 4. The van der Waals surface area contributed by atoms with Crippen LogP contribution in [0.5, 0.6) is 0 Å². The quantitative estimate of drug-likeness (QED) is 0.430. The summed E-state index contributed by atoms with van der Waals surface area (Å²) in [6.45, 7) is 21.9. The van der Waals surface area contributed by atoms with Gasteiger partial charge in [0.1, 0.15) is 11.7 Å². The minimum absolute atomic E-state index is 0.318. The van der Waals surface area contributed by atoms with E-state index in [2.05, 4.69) is 51.3 Å². The van der Waals surface area contributed by atoms with Crippen LogP contribution in [0.2, 0.25) is 5.02 Å². The first-order valence-corrected chi connectivity index (χ1v) is 12.1. The maximum absolute atomic E-state index is 9.60. The van der Waals surface area contributed by atoms with Gasteiger partial charge in [0.05, 0.1) is 10.6 Å². The van der Waals surface area contributed by atoms with E-state index < -0.39 is 0 Å². The minimum atomic E-state index is -0.318. The molecule has 184 valence electrons. The number of nitriles is 1. The normalized spacial score (nSPS) is 15.4. The van der Waals surface area contributed by atoms with Gasteiger partial charge in [0.2, 0.25) is 0 Å². The lowest BCUT2D eigenvalue weighted by molar-refractivity contribution is -0.138. The maximum Gasteiger partial charge on any atom is 0.293 e. The molecule has 0 saturated carbocycles. The van der Waals surface area contributed by atoms with Gasteiger partial charge in [-0.15, -0.1) is 0 Å². The average molecular weight is 467 g/mol. The third kappa shape index (κ3) is 19.1. The van der Waals surface area contributed by atoms with Crippen LogP contribution < -0.4 is 0 Å². The predicted octanol–water partition coefficient (Wildman–Crippen LogP) is 7.51. The molecule has 2 rings (SSSR count). The van der Waals surface area contributed by atoms with Crippen LogP contribution in [0.25, 0.3) is 0 Å². The third-order valence-corrected chi connectivity index (χ3v) is 5.20. The van der Waals surface area contributed by atoms with E-state index in [9.17, 15) is 4.79 Å². The van der Waals surface area contributed by atoms with Gasteiger partial charge in [0, 0.05) is 6.54 Å². The smallest absolute Gasteiger partial charge is 0.293 e. The molecule has 1 heterocycles. The van der Waals surface area contributed by atoms with Crippen molar-refractivity contribution in [2.45, 2.75) is 87.2 Å². The van der Waals surface area contributed by atoms with Crippen LogP contribution in [-0.4, -0.2) is 37.1 Å². The highest BCUT2D eigenvalue weighted by Crippen LogP contribution is 2.21. The van der Waals surface area contributed by atoms with E-state index in [0.717, 1.165) is 23.3 Å². The Balaban J connectivity index is 0. The fourth-order valence-electron chi connectivity index (χ4n) is 2.95. The molecule has 0 radical (unpaired) electrons. The van der Waals surface area contributed by atoms with Crippen molar-refractivity contribution in [3.05, 3.63) is 34.3 Å². The number of aryl methyl sites for hydroxylation is 1. The Morgan fingerprint density at radius 3 is 2.09 bits per heavy atom. The summed E-state index contributed by atoms with van der Waals surface area (Å²) in [5.41, 5.74) is 1.29. The standard InChI is InChI=1S/C8H6ClN.C8H17N.C6H14.C5H10O2/c1-6-2-3-7(5-10)8(9)4-6;1-7(2)8-4-5-9(3)6-8;1-4-5-6(2)3;1-5(2,3)7-4-6/h2-4H,1H3;7-8H,4-6H2,1-3H3;6H,4-5H2,1-3H3;4H,1-3H3. The highest BCUT2D eigenvalue weighted by Gasteiger charge is 2.21. The van der Waals surface area contributed by atoms with E-state index in [1.54, 1.807) is 12.1 Å². The van der Waals surface area contributed by atoms with Crippen LogP contribution in [0.15, 0.2) is 18.2 Å². The van der Waals surface area contributed by atoms with Crippen molar-refractivity contribution >= 4 is 18.1 Å². The molecule has 0 bridgehead atoms. The number of likely N-dealkylation sites (tertiary alicyclic amines) is 1. The summed E-state index contributed by atoms with van der Waals surface area (Å²) >= 11 is 5.71. The molecule has 0 spiro atoms. The summed E-state index contributed by atoms with van der Waals surface area (Å²) in [5.74, 6) is 2.75. The van der Waals surface area contributed by atoms with Crippen LogP contribution >= 0.6 is 11.6 Å². The Morgan fingerprint density at radius 2 is 1.88 bits per heavy atom. The number of nitrogens with zero attached hydrogens (tertiary/aromatic N) is 2. The van der Waals surface area contributed by atoms with E-state index in [1.807, 2.05) is 39.8 Å². The molecule has 1 atom stereocenters. The Hall–Kier alpha value is -1.57. The number of carbonyl (C=O) groups excluding carboxylic acids is 1. The molecule has 0 aromatic heterocycles. The summed E-state index contributed by atoms with van der Waals surface area (Å²) in [5, 5.41) is 9.00. The number of hydrogen-bond acceptors (Lipinski definition) is 4. The van der Waals surface area contributed by atoms with Gasteiger partial charge < -0.3 is 9.64 Å². The molecule has 1 aliphatic rings. The van der Waals surface area contributed by atoms with Crippen LogP contribution in [0.4, 0.5) is 0 Å². The molecule has 0 N–H and O–H groups in total. The fraction of sp³-hybridized carbons (Fsp3) is 0.704. The van der Waals surface area contributed by atoms with Crippen molar-refractivity contribution in [1.82, 2.24) is 4.90 Å². The van der Waals surface area contributed by atoms with Crippen LogP contribution in [0, 0.1) is 36.0 Å². The van der Waals surface area contributed by atoms with Gasteiger partial charge in [-0.1, -0.05) is 65.1 Å². The first kappa shape index (κ1) is 32.6. The largest absolute Gasteiger partial charge is 0.462 e. The zero-order valence-corrected chi connectivity index (χ0v) is 22.9. The zero-order chi connectivity index (χ0) is 25.3. The van der Waals surface area contributed by atoms with E-state index >= 15 is 0 Å². The maximum atomic E-state index is 9.60. The molecule has 4 nitrogen and oxygen atoms in total. The van der Waals surface area contributed by atoms with Gasteiger partial charge in [0.15, 0.2) is 0 Å². The molecule has 1 aromatic rings. The van der Waals surface area contributed by atoms with Gasteiger partial charge in [-0.05, 0) is 83.2 Å². The molecule has 1 unspecified atom stereocenters. The van der Waals surface area contributed by atoms with Gasteiger partial charge in [-0.2, -0.15) is 5.26 Å². The summed E-state index contributed by atoms with van der Waals surface area (Å²) in [4.78, 5) is 12.0. The second kappa shape index (κ2) is 17.9. The van der Waals surface area contributed by atoms with Crippen molar-refractivity contribution in [3.8, 4) is 6.07 Å². The Labute approximate surface area is 203 Å². The number of carbonyl (C=O) groups is 1. The Bertz CT molecular complexity index is 661. The molecule has 1 fully saturated rings. The molecule has 0 aliphatic carbocycles. The lowest BCUT2D eigenvalue weighted by Crippen LogP contribution is -2.17. The Kier molecular flexibility index (Phi) is 18.3. The predicted molar refractivity (Wildman–Crippen MR) is 138 cm³/mol. The highest BCUT2D eigenvalue weighted by molar-refractivity contribution is 6.31. The SMILES string of the molecule is CC(C)(C)OC=O.CC(C)C1CCN(C)C1.CCCC(C)C.Cc1ccc(C#N)c(Cl)c1. The first-order chi connectivity index (χ1) is 14.8. The zero-order valence-electron chi connectivity index (χ0n) is 22.2. The van der Waals surface area contributed by atoms with E-state index in [-0.39, 0.29) is 5.60 Å². The van der Waals surface area contributed by atoms with Gasteiger partial charge in [-0.3, -0.25) is 4.79 Å². The van der Waals surface area contributed by atoms with E-state index in [0.29, 0.717) is 17.1 Å². The molecular weight excluding hydrogens is 420 g/mol. The fourth-order valence-corrected chi connectivity index (χ4v) is 3.22. The highest BCUT2D eigenvalue weighted by atomic mass is 35.5. The minimum Gasteiger partial charge on any atom is -0.462 e. The molecule has 1 saturated heterocycles. The van der Waals surface area contributed by atoms with Crippen molar-refractivity contribution in [1.29, 1.82) is 5.26 Å². The second-order valence-electron chi connectivity index (χ2n) is 10.2. The molecule has 1 aromatic carbocycles. The summed E-state index contributed by atoms with van der Waals surface area (Å²) in [6, 6.07) is 7.35. The lowest BCUT2D eigenvalue weighted by Gasteiger charge is -2.14. The second-order valence-corrected chi connectivity index (χ2v) is 10.6. The summed E-state index contributed by atoms with van der Waals surface area (Å²) in [7, 11) is 2.21. The van der Waals surface area contributed by atoms with Crippen LogP contribution in [0.3, 0.4) is 0 Å². The first-order valence-electron chi connectivity index (χ1n) is 11.7. The molecule has 1 aliphatic heterocycles.